The fourth-order valence-corrected chi connectivity index (χ4v) is 5.41. The highest BCUT2D eigenvalue weighted by Crippen LogP contribution is 2.54. The molecule has 1 amide bonds. The summed E-state index contributed by atoms with van der Waals surface area (Å²) in [4.78, 5) is 49.5. The number of carbonyl (C=O) groups excluding carboxylic acids is 2. The van der Waals surface area contributed by atoms with Crippen LogP contribution in [-0.2, 0) is 19.2 Å². The van der Waals surface area contributed by atoms with E-state index in [1.165, 1.54) is 16.7 Å². The number of carboxylic acids is 2. The van der Waals surface area contributed by atoms with Crippen molar-refractivity contribution in [1.82, 2.24) is 4.90 Å². The van der Waals surface area contributed by atoms with Crippen molar-refractivity contribution in [2.75, 3.05) is 0 Å². The molecule has 138 valence electrons. The van der Waals surface area contributed by atoms with E-state index in [2.05, 4.69) is 0 Å². The lowest BCUT2D eigenvalue weighted by molar-refractivity contribution is -0.164. The third-order valence-electron chi connectivity index (χ3n) is 4.91. The minimum atomic E-state index is -1.33. The molecule has 26 heavy (non-hydrogen) atoms. The van der Waals surface area contributed by atoms with E-state index in [-0.39, 0.29) is 6.42 Å². The zero-order chi connectivity index (χ0) is 19.2. The van der Waals surface area contributed by atoms with Crippen LogP contribution in [-0.4, -0.2) is 54.9 Å². The first-order chi connectivity index (χ1) is 12.1. The molecule has 2 N–H and O–H groups in total. The number of fused-ring (bicyclic) bond motifs is 1. The summed E-state index contributed by atoms with van der Waals surface area (Å²) in [7, 11) is 0. The Bertz CT molecular complexity index is 777. The van der Waals surface area contributed by atoms with Gasteiger partial charge in [0.1, 0.15) is 12.0 Å². The minimum Gasteiger partial charge on any atom is -0.480 e. The van der Waals surface area contributed by atoms with Crippen LogP contribution in [0.5, 0.6) is 0 Å². The number of benzene rings is 1. The SMILES string of the molecule is CC1(C)S[C@@H]2[C@H](CC(=O)C(C(=O)O)c3ccccc3)C(=O)N2C1C(=O)O. The second-order valence-electron chi connectivity index (χ2n) is 7.06. The third-order valence-corrected chi connectivity index (χ3v) is 6.54. The smallest absolute Gasteiger partial charge is 0.327 e. The molecule has 0 bridgehead atoms. The molecule has 0 aromatic heterocycles. The number of rotatable bonds is 6. The number of aliphatic carboxylic acids is 2. The Hall–Kier alpha value is -2.35. The van der Waals surface area contributed by atoms with E-state index in [0.717, 1.165) is 0 Å². The summed E-state index contributed by atoms with van der Waals surface area (Å²) in [5, 5.41) is 18.5. The zero-order valence-corrected chi connectivity index (χ0v) is 15.1. The lowest BCUT2D eigenvalue weighted by Crippen LogP contribution is -2.63. The molecule has 0 spiro atoms. The molecule has 2 unspecified atom stereocenters. The van der Waals surface area contributed by atoms with Gasteiger partial charge in [-0.3, -0.25) is 14.4 Å². The van der Waals surface area contributed by atoms with Crippen LogP contribution < -0.4 is 0 Å². The standard InChI is InChI=1S/C18H19NO6S/c1-18(2)13(17(24)25)19-14(21)10(15(19)26-18)8-11(20)12(16(22)23)9-6-4-3-5-7-9/h3-7,10,12-13,15H,8H2,1-2H3,(H,22,23)(H,24,25)/t10-,12?,13?,15-/m1/s1. The van der Waals surface area contributed by atoms with E-state index in [1.807, 2.05) is 0 Å². The van der Waals surface area contributed by atoms with Crippen molar-refractivity contribution in [3.63, 3.8) is 0 Å². The maximum absolute atomic E-state index is 12.6. The van der Waals surface area contributed by atoms with Crippen LogP contribution in [0.1, 0.15) is 31.7 Å². The summed E-state index contributed by atoms with van der Waals surface area (Å²) in [5.41, 5.74) is 0.372. The monoisotopic (exact) mass is 377 g/mol. The highest BCUT2D eigenvalue weighted by atomic mass is 32.2. The number of carboxylic acid groups (broad SMARTS) is 2. The van der Waals surface area contributed by atoms with Crippen molar-refractivity contribution in [3.8, 4) is 0 Å². The van der Waals surface area contributed by atoms with Crippen molar-refractivity contribution in [3.05, 3.63) is 35.9 Å². The van der Waals surface area contributed by atoms with Gasteiger partial charge in [-0.05, 0) is 19.4 Å². The highest BCUT2D eigenvalue weighted by molar-refractivity contribution is 8.01. The van der Waals surface area contributed by atoms with Crippen molar-refractivity contribution in [2.45, 2.75) is 42.3 Å². The Balaban J connectivity index is 1.78. The number of nitrogens with zero attached hydrogens (tertiary/aromatic N) is 1. The number of β-lactam (4-membered cyclic amide) rings is 1. The van der Waals surface area contributed by atoms with Gasteiger partial charge in [-0.2, -0.15) is 0 Å². The summed E-state index contributed by atoms with van der Waals surface area (Å²) in [5.74, 6) is -5.28. The van der Waals surface area contributed by atoms with Crippen LogP contribution in [0.2, 0.25) is 0 Å². The largest absolute Gasteiger partial charge is 0.480 e. The fraction of sp³-hybridized carbons (Fsp3) is 0.444. The molecule has 7 nitrogen and oxygen atoms in total. The van der Waals surface area contributed by atoms with E-state index in [1.54, 1.807) is 44.2 Å². The summed E-state index contributed by atoms with van der Waals surface area (Å²) >= 11 is 1.35. The number of thioether (sulfide) groups is 1. The summed E-state index contributed by atoms with van der Waals surface area (Å²) < 4.78 is -0.671. The van der Waals surface area contributed by atoms with Crippen LogP contribution in [0.25, 0.3) is 0 Å². The van der Waals surface area contributed by atoms with Gasteiger partial charge in [-0.1, -0.05) is 30.3 Å². The van der Waals surface area contributed by atoms with Gasteiger partial charge in [0.25, 0.3) is 0 Å². The van der Waals surface area contributed by atoms with Crippen molar-refractivity contribution in [1.29, 1.82) is 0 Å². The number of carbonyl (C=O) groups is 4. The zero-order valence-electron chi connectivity index (χ0n) is 14.3. The molecular weight excluding hydrogens is 358 g/mol. The number of amides is 1. The minimum absolute atomic E-state index is 0.207. The van der Waals surface area contributed by atoms with Gasteiger partial charge in [-0.15, -0.1) is 11.8 Å². The van der Waals surface area contributed by atoms with E-state index < -0.39 is 51.6 Å². The summed E-state index contributed by atoms with van der Waals surface area (Å²) in [6, 6.07) is 7.23. The molecule has 2 saturated heterocycles. The summed E-state index contributed by atoms with van der Waals surface area (Å²) in [6.45, 7) is 3.51. The maximum atomic E-state index is 12.6. The molecular formula is C18H19NO6S. The molecule has 0 aliphatic carbocycles. The fourth-order valence-electron chi connectivity index (χ4n) is 3.73. The number of hydrogen-bond donors (Lipinski definition) is 2. The summed E-state index contributed by atoms with van der Waals surface area (Å²) in [6.07, 6.45) is -0.207. The molecule has 0 saturated carbocycles. The number of ketones is 1. The second-order valence-corrected chi connectivity index (χ2v) is 8.83. The van der Waals surface area contributed by atoms with Crippen molar-refractivity contribution in [2.24, 2.45) is 5.92 Å². The first-order valence-electron chi connectivity index (χ1n) is 8.18. The van der Waals surface area contributed by atoms with Gasteiger partial charge < -0.3 is 15.1 Å². The van der Waals surface area contributed by atoms with Crippen molar-refractivity contribution < 1.29 is 29.4 Å². The average molecular weight is 377 g/mol. The van der Waals surface area contributed by atoms with Crippen LogP contribution in [0, 0.1) is 5.92 Å². The van der Waals surface area contributed by atoms with E-state index in [4.69, 9.17) is 0 Å². The van der Waals surface area contributed by atoms with Gasteiger partial charge in [-0.25, -0.2) is 4.79 Å². The predicted molar refractivity (Wildman–Crippen MR) is 93.7 cm³/mol. The maximum Gasteiger partial charge on any atom is 0.327 e. The average Bonchev–Trinajstić information content (AvgIpc) is 2.82. The van der Waals surface area contributed by atoms with E-state index >= 15 is 0 Å². The van der Waals surface area contributed by atoms with Gasteiger partial charge >= 0.3 is 11.9 Å². The molecule has 2 aliphatic rings. The molecule has 1 aromatic carbocycles. The van der Waals surface area contributed by atoms with Crippen LogP contribution in [0.15, 0.2) is 30.3 Å². The quantitative estimate of drug-likeness (QED) is 0.572. The first kappa shape index (κ1) is 18.4. The number of Topliss-reactive ketones (excluding diaryl/α,β-unsaturated/α-hetero) is 1. The predicted octanol–water partition coefficient (Wildman–Crippen LogP) is 1.58. The Kier molecular flexibility index (Phi) is 4.56. The second kappa shape index (κ2) is 6.42. The molecule has 2 aliphatic heterocycles. The van der Waals surface area contributed by atoms with Gasteiger partial charge in [0.15, 0.2) is 5.78 Å². The molecule has 3 rings (SSSR count). The Labute approximate surface area is 154 Å². The molecule has 8 heteroatoms. The highest BCUT2D eigenvalue weighted by Gasteiger charge is 2.63. The Morgan fingerprint density at radius 1 is 1.19 bits per heavy atom. The topological polar surface area (TPSA) is 112 Å². The van der Waals surface area contributed by atoms with Gasteiger partial charge in [0.05, 0.1) is 11.3 Å². The molecule has 0 radical (unpaired) electrons. The lowest BCUT2D eigenvalue weighted by atomic mass is 9.83. The molecule has 2 fully saturated rings. The van der Waals surface area contributed by atoms with E-state index in [0.29, 0.717) is 5.56 Å². The third kappa shape index (κ3) is 2.88. The normalized spacial score (nSPS) is 27.4. The Morgan fingerprint density at radius 2 is 1.81 bits per heavy atom. The number of hydrogen-bond acceptors (Lipinski definition) is 5. The van der Waals surface area contributed by atoms with Crippen LogP contribution >= 0.6 is 11.8 Å². The van der Waals surface area contributed by atoms with E-state index in [9.17, 15) is 29.4 Å². The van der Waals surface area contributed by atoms with Gasteiger partial charge in [0.2, 0.25) is 5.91 Å². The van der Waals surface area contributed by atoms with Crippen molar-refractivity contribution >= 4 is 35.4 Å². The first-order valence-corrected chi connectivity index (χ1v) is 9.06. The molecule has 1 aromatic rings. The van der Waals surface area contributed by atoms with Gasteiger partial charge in [0, 0.05) is 11.2 Å². The van der Waals surface area contributed by atoms with Crippen LogP contribution in [0.4, 0.5) is 0 Å². The van der Waals surface area contributed by atoms with Crippen LogP contribution in [0.3, 0.4) is 0 Å². The Morgan fingerprint density at radius 3 is 2.35 bits per heavy atom. The molecule has 2 heterocycles. The molecule has 4 atom stereocenters. The lowest BCUT2D eigenvalue weighted by Gasteiger charge is -2.43.